The molecule has 0 fully saturated rings. The SMILES string of the molecule is CC(C(N)=O)n1c(SCC(=O)O)nc2c(F)cccc21. The van der Waals surface area contributed by atoms with Gasteiger partial charge in [-0.2, -0.15) is 0 Å². The molecule has 0 spiro atoms. The molecule has 1 amide bonds. The molecule has 0 bridgehead atoms. The number of para-hydroxylation sites is 1. The van der Waals surface area contributed by atoms with Gasteiger partial charge < -0.3 is 15.4 Å². The smallest absolute Gasteiger partial charge is 0.313 e. The predicted molar refractivity (Wildman–Crippen MR) is 72.0 cm³/mol. The van der Waals surface area contributed by atoms with Crippen LogP contribution in [0, 0.1) is 5.82 Å². The first-order valence-corrected chi connectivity index (χ1v) is 6.70. The number of carbonyl (C=O) groups excluding carboxylic acids is 1. The molecule has 0 saturated heterocycles. The van der Waals surface area contributed by atoms with Crippen LogP contribution in [0.4, 0.5) is 4.39 Å². The Kier molecular flexibility index (Phi) is 3.93. The lowest BCUT2D eigenvalue weighted by atomic mass is 10.2. The zero-order valence-corrected chi connectivity index (χ0v) is 11.4. The first-order chi connectivity index (χ1) is 9.41. The molecule has 8 heteroatoms. The van der Waals surface area contributed by atoms with Gasteiger partial charge in [-0.1, -0.05) is 17.8 Å². The normalized spacial score (nSPS) is 12.5. The second kappa shape index (κ2) is 5.49. The molecule has 1 unspecified atom stereocenters. The number of hydrogen-bond donors (Lipinski definition) is 2. The minimum atomic E-state index is -1.03. The number of nitrogens with zero attached hydrogens (tertiary/aromatic N) is 2. The molecule has 0 saturated carbocycles. The lowest BCUT2D eigenvalue weighted by molar-refractivity contribution is -0.133. The van der Waals surface area contributed by atoms with E-state index in [0.29, 0.717) is 5.52 Å². The van der Waals surface area contributed by atoms with Crippen molar-refractivity contribution < 1.29 is 19.1 Å². The number of aromatic nitrogens is 2. The van der Waals surface area contributed by atoms with Gasteiger partial charge in [-0.15, -0.1) is 0 Å². The van der Waals surface area contributed by atoms with E-state index in [1.54, 1.807) is 13.0 Å². The fourth-order valence-electron chi connectivity index (χ4n) is 1.79. The first-order valence-electron chi connectivity index (χ1n) is 5.72. The lowest BCUT2D eigenvalue weighted by Crippen LogP contribution is -2.24. The van der Waals surface area contributed by atoms with Crippen LogP contribution in [-0.4, -0.2) is 32.3 Å². The van der Waals surface area contributed by atoms with Gasteiger partial charge in [0, 0.05) is 0 Å². The molecule has 6 nitrogen and oxygen atoms in total. The van der Waals surface area contributed by atoms with Crippen molar-refractivity contribution >= 4 is 34.7 Å². The predicted octanol–water partition coefficient (Wildman–Crippen LogP) is 1.40. The van der Waals surface area contributed by atoms with E-state index in [-0.39, 0.29) is 16.4 Å². The Labute approximate surface area is 117 Å². The topological polar surface area (TPSA) is 98.2 Å². The summed E-state index contributed by atoms with van der Waals surface area (Å²) < 4.78 is 15.2. The Hall–Kier alpha value is -2.09. The molecule has 1 aromatic carbocycles. The number of amides is 1. The molecule has 2 aromatic rings. The van der Waals surface area contributed by atoms with Gasteiger partial charge in [-0.05, 0) is 19.1 Å². The van der Waals surface area contributed by atoms with Crippen molar-refractivity contribution in [1.29, 1.82) is 0 Å². The molecular formula is C12H12FN3O3S. The van der Waals surface area contributed by atoms with Crippen molar-refractivity contribution in [3.63, 3.8) is 0 Å². The highest BCUT2D eigenvalue weighted by Crippen LogP contribution is 2.29. The third kappa shape index (κ3) is 2.60. The Bertz CT molecular complexity index is 686. The number of imidazole rings is 1. The molecule has 1 aromatic heterocycles. The standard InChI is InChI=1S/C12H12FN3O3S/c1-6(11(14)19)16-8-4-2-3-7(13)10(8)15-12(16)20-5-9(17)18/h2-4,6H,5H2,1H3,(H2,14,19)(H,17,18). The maximum atomic E-state index is 13.7. The number of primary amides is 1. The van der Waals surface area contributed by atoms with E-state index in [1.807, 2.05) is 0 Å². The summed E-state index contributed by atoms with van der Waals surface area (Å²) in [5.41, 5.74) is 5.77. The number of rotatable bonds is 5. The molecule has 106 valence electrons. The van der Waals surface area contributed by atoms with Crippen molar-refractivity contribution in [1.82, 2.24) is 9.55 Å². The van der Waals surface area contributed by atoms with E-state index in [9.17, 15) is 14.0 Å². The number of carboxylic acids is 1. The average Bonchev–Trinajstić information content (AvgIpc) is 2.75. The van der Waals surface area contributed by atoms with Crippen LogP contribution in [0.5, 0.6) is 0 Å². The average molecular weight is 297 g/mol. The van der Waals surface area contributed by atoms with Gasteiger partial charge in [0.1, 0.15) is 11.6 Å². The van der Waals surface area contributed by atoms with E-state index in [2.05, 4.69) is 4.98 Å². The van der Waals surface area contributed by atoms with Gasteiger partial charge >= 0.3 is 5.97 Å². The van der Waals surface area contributed by atoms with E-state index >= 15 is 0 Å². The molecule has 3 N–H and O–H groups in total. The zero-order chi connectivity index (χ0) is 14.9. The van der Waals surface area contributed by atoms with E-state index in [4.69, 9.17) is 10.8 Å². The number of nitrogens with two attached hydrogens (primary N) is 1. The summed E-state index contributed by atoms with van der Waals surface area (Å²) in [6.07, 6.45) is 0. The monoisotopic (exact) mass is 297 g/mol. The summed E-state index contributed by atoms with van der Waals surface area (Å²) in [5.74, 6) is -2.40. The van der Waals surface area contributed by atoms with Crippen LogP contribution >= 0.6 is 11.8 Å². The first kappa shape index (κ1) is 14.3. The summed E-state index contributed by atoms with van der Waals surface area (Å²) in [5, 5.41) is 8.97. The highest BCUT2D eigenvalue weighted by Gasteiger charge is 2.21. The molecule has 2 rings (SSSR count). The second-order valence-corrected chi connectivity index (χ2v) is 5.08. The fraction of sp³-hybridized carbons (Fsp3) is 0.250. The Morgan fingerprint density at radius 1 is 1.55 bits per heavy atom. The molecule has 20 heavy (non-hydrogen) atoms. The number of hydrogen-bond acceptors (Lipinski definition) is 4. The number of fused-ring (bicyclic) bond motifs is 1. The summed E-state index contributed by atoms with van der Waals surface area (Å²) in [6.45, 7) is 1.55. The fourth-order valence-corrected chi connectivity index (χ4v) is 2.60. The second-order valence-electron chi connectivity index (χ2n) is 4.13. The van der Waals surface area contributed by atoms with Gasteiger partial charge in [0.05, 0.1) is 11.3 Å². The van der Waals surface area contributed by atoms with Gasteiger partial charge in [0.2, 0.25) is 5.91 Å². The van der Waals surface area contributed by atoms with Gasteiger partial charge in [0.25, 0.3) is 0 Å². The molecule has 1 heterocycles. The maximum Gasteiger partial charge on any atom is 0.313 e. The van der Waals surface area contributed by atoms with Crippen molar-refractivity contribution in [2.75, 3.05) is 5.75 Å². The zero-order valence-electron chi connectivity index (χ0n) is 10.5. The summed E-state index contributed by atoms with van der Waals surface area (Å²) in [7, 11) is 0. The quantitative estimate of drug-likeness (QED) is 0.813. The summed E-state index contributed by atoms with van der Waals surface area (Å²) >= 11 is 0.913. The maximum absolute atomic E-state index is 13.7. The Morgan fingerprint density at radius 2 is 2.25 bits per heavy atom. The third-order valence-electron chi connectivity index (χ3n) is 2.76. The number of thioether (sulfide) groups is 1. The molecule has 0 aliphatic rings. The van der Waals surface area contributed by atoms with E-state index in [1.165, 1.54) is 16.7 Å². The number of benzene rings is 1. The van der Waals surface area contributed by atoms with Crippen molar-refractivity contribution in [2.24, 2.45) is 5.73 Å². The van der Waals surface area contributed by atoms with E-state index < -0.39 is 23.7 Å². The van der Waals surface area contributed by atoms with Crippen LogP contribution in [0.15, 0.2) is 23.4 Å². The highest BCUT2D eigenvalue weighted by atomic mass is 32.2. The minimum absolute atomic E-state index is 0.0912. The third-order valence-corrected chi connectivity index (χ3v) is 3.70. The van der Waals surface area contributed by atoms with Crippen molar-refractivity contribution in [3.8, 4) is 0 Å². The highest BCUT2D eigenvalue weighted by molar-refractivity contribution is 7.99. The van der Waals surface area contributed by atoms with Gasteiger partial charge in [-0.25, -0.2) is 9.37 Å². The number of carbonyl (C=O) groups is 2. The van der Waals surface area contributed by atoms with Crippen LogP contribution < -0.4 is 5.73 Å². The van der Waals surface area contributed by atoms with Crippen LogP contribution in [-0.2, 0) is 9.59 Å². The number of halogens is 1. The summed E-state index contributed by atoms with van der Waals surface area (Å²) in [4.78, 5) is 26.1. The Balaban J connectivity index is 2.59. The van der Waals surface area contributed by atoms with Crippen LogP contribution in [0.1, 0.15) is 13.0 Å². The molecule has 0 aliphatic heterocycles. The largest absolute Gasteiger partial charge is 0.481 e. The molecule has 0 radical (unpaired) electrons. The van der Waals surface area contributed by atoms with Crippen molar-refractivity contribution in [2.45, 2.75) is 18.1 Å². The van der Waals surface area contributed by atoms with Crippen molar-refractivity contribution in [3.05, 3.63) is 24.0 Å². The minimum Gasteiger partial charge on any atom is -0.481 e. The van der Waals surface area contributed by atoms with Crippen LogP contribution in [0.2, 0.25) is 0 Å². The van der Waals surface area contributed by atoms with E-state index in [0.717, 1.165) is 11.8 Å². The van der Waals surface area contributed by atoms with Crippen LogP contribution in [0.3, 0.4) is 0 Å². The summed E-state index contributed by atoms with van der Waals surface area (Å²) in [6, 6.07) is 3.60. The molecule has 0 aliphatic carbocycles. The molecular weight excluding hydrogens is 285 g/mol. The van der Waals surface area contributed by atoms with Crippen LogP contribution in [0.25, 0.3) is 11.0 Å². The number of aliphatic carboxylic acids is 1. The van der Waals surface area contributed by atoms with Gasteiger partial charge in [-0.3, -0.25) is 9.59 Å². The van der Waals surface area contributed by atoms with Gasteiger partial charge in [0.15, 0.2) is 11.0 Å². The lowest BCUT2D eigenvalue weighted by Gasteiger charge is -2.13. The number of carboxylic acid groups (broad SMARTS) is 1. The molecule has 1 atom stereocenters. The Morgan fingerprint density at radius 3 is 2.85 bits per heavy atom.